The average molecular weight is 415 g/mol. The number of hydrogen-bond donors (Lipinski definition) is 3. The van der Waals surface area contributed by atoms with Crippen molar-refractivity contribution in [3.8, 4) is 0 Å². The molecule has 5 nitrogen and oxygen atoms in total. The summed E-state index contributed by atoms with van der Waals surface area (Å²) in [6.45, 7) is 0. The van der Waals surface area contributed by atoms with E-state index in [1.165, 1.54) is 12.1 Å². The zero-order chi connectivity index (χ0) is 17.7. The zero-order valence-electron chi connectivity index (χ0n) is 12.4. The summed E-state index contributed by atoms with van der Waals surface area (Å²) in [5, 5.41) is 5.04. The quantitative estimate of drug-likeness (QED) is 0.691. The Morgan fingerprint density at radius 1 is 1.21 bits per heavy atom. The molecular formula is C16H14BrClFN3O2. The molecule has 0 aliphatic carbocycles. The summed E-state index contributed by atoms with van der Waals surface area (Å²) in [6, 6.07) is 9.67. The van der Waals surface area contributed by atoms with Crippen LogP contribution < -0.4 is 16.4 Å². The number of nitrogens with one attached hydrogen (secondary N) is 2. The maximum absolute atomic E-state index is 13.1. The zero-order valence-corrected chi connectivity index (χ0v) is 14.7. The smallest absolute Gasteiger partial charge is 0.312 e. The van der Waals surface area contributed by atoms with Gasteiger partial charge in [0.1, 0.15) is 5.82 Å². The maximum Gasteiger partial charge on any atom is 0.312 e. The SMILES string of the molecule is NC(=O)NC(CC(=O)Nc1ccc(F)c(Cl)c1)c1ccc(Br)cc1. The normalized spacial score (nSPS) is 11.6. The molecule has 2 aromatic rings. The Hall–Kier alpha value is -2.12. The molecule has 0 aliphatic heterocycles. The third-order valence-electron chi connectivity index (χ3n) is 3.18. The van der Waals surface area contributed by atoms with E-state index in [9.17, 15) is 14.0 Å². The molecule has 0 aliphatic rings. The van der Waals surface area contributed by atoms with Gasteiger partial charge in [-0.3, -0.25) is 4.79 Å². The molecule has 0 radical (unpaired) electrons. The van der Waals surface area contributed by atoms with Gasteiger partial charge in [-0.05, 0) is 35.9 Å². The van der Waals surface area contributed by atoms with Crippen LogP contribution in [0.5, 0.6) is 0 Å². The highest BCUT2D eigenvalue weighted by Crippen LogP contribution is 2.22. The number of carbonyl (C=O) groups is 2. The summed E-state index contributed by atoms with van der Waals surface area (Å²) >= 11 is 9.00. The predicted molar refractivity (Wildman–Crippen MR) is 94.3 cm³/mol. The summed E-state index contributed by atoms with van der Waals surface area (Å²) in [6.07, 6.45) is -0.0421. The summed E-state index contributed by atoms with van der Waals surface area (Å²) < 4.78 is 14.0. The molecular weight excluding hydrogens is 401 g/mol. The summed E-state index contributed by atoms with van der Waals surface area (Å²) in [4.78, 5) is 23.4. The van der Waals surface area contributed by atoms with Crippen LogP contribution in [0.4, 0.5) is 14.9 Å². The summed E-state index contributed by atoms with van der Waals surface area (Å²) in [7, 11) is 0. The van der Waals surface area contributed by atoms with E-state index >= 15 is 0 Å². The monoisotopic (exact) mass is 413 g/mol. The number of amides is 3. The van der Waals surface area contributed by atoms with E-state index in [0.29, 0.717) is 5.69 Å². The molecule has 0 bridgehead atoms. The minimum Gasteiger partial charge on any atom is -0.352 e. The fourth-order valence-corrected chi connectivity index (χ4v) is 2.54. The first-order valence-corrected chi connectivity index (χ1v) is 8.08. The number of carbonyl (C=O) groups excluding carboxylic acids is 2. The lowest BCUT2D eigenvalue weighted by Gasteiger charge is -2.18. The van der Waals surface area contributed by atoms with Crippen LogP contribution in [0, 0.1) is 5.82 Å². The van der Waals surface area contributed by atoms with Crippen LogP contribution in [0.15, 0.2) is 46.9 Å². The van der Waals surface area contributed by atoms with Gasteiger partial charge in [-0.1, -0.05) is 39.7 Å². The second kappa shape index (κ2) is 8.12. The van der Waals surface area contributed by atoms with Crippen molar-refractivity contribution in [3.05, 3.63) is 63.3 Å². The summed E-state index contributed by atoms with van der Waals surface area (Å²) in [5.74, 6) is -0.947. The minimum atomic E-state index is -0.736. The van der Waals surface area contributed by atoms with Gasteiger partial charge in [-0.15, -0.1) is 0 Å². The van der Waals surface area contributed by atoms with Gasteiger partial charge in [-0.2, -0.15) is 0 Å². The van der Waals surface area contributed by atoms with Crippen LogP contribution in [0.25, 0.3) is 0 Å². The van der Waals surface area contributed by atoms with Gasteiger partial charge in [0.15, 0.2) is 0 Å². The fourth-order valence-electron chi connectivity index (χ4n) is 2.09. The van der Waals surface area contributed by atoms with Gasteiger partial charge in [0.2, 0.25) is 5.91 Å². The van der Waals surface area contributed by atoms with E-state index in [2.05, 4.69) is 26.6 Å². The molecule has 0 saturated carbocycles. The van der Waals surface area contributed by atoms with Crippen LogP contribution in [0.3, 0.4) is 0 Å². The first kappa shape index (κ1) is 18.2. The third-order valence-corrected chi connectivity index (χ3v) is 4.00. The topological polar surface area (TPSA) is 84.2 Å². The van der Waals surface area contributed by atoms with Crippen molar-refractivity contribution < 1.29 is 14.0 Å². The van der Waals surface area contributed by atoms with Gasteiger partial charge in [0, 0.05) is 10.2 Å². The van der Waals surface area contributed by atoms with Crippen molar-refractivity contribution in [2.45, 2.75) is 12.5 Å². The van der Waals surface area contributed by atoms with E-state index in [0.717, 1.165) is 16.1 Å². The standard InChI is InChI=1S/C16H14BrClFN3O2/c17-10-3-1-9(2-4-10)14(22-16(20)24)8-15(23)21-11-5-6-13(19)12(18)7-11/h1-7,14H,8H2,(H,21,23)(H3,20,22,24). The molecule has 0 saturated heterocycles. The Balaban J connectivity index is 2.10. The second-order valence-corrected chi connectivity index (χ2v) is 6.32. The van der Waals surface area contributed by atoms with Gasteiger partial charge >= 0.3 is 6.03 Å². The van der Waals surface area contributed by atoms with Gasteiger partial charge in [0.25, 0.3) is 0 Å². The highest BCUT2D eigenvalue weighted by Gasteiger charge is 2.18. The van der Waals surface area contributed by atoms with Crippen LogP contribution in [0.1, 0.15) is 18.0 Å². The molecule has 0 heterocycles. The van der Waals surface area contributed by atoms with Gasteiger partial charge in [0.05, 0.1) is 17.5 Å². The molecule has 1 unspecified atom stereocenters. The number of anilines is 1. The highest BCUT2D eigenvalue weighted by atomic mass is 79.9. The molecule has 2 aromatic carbocycles. The Morgan fingerprint density at radius 2 is 1.88 bits per heavy atom. The number of halogens is 3. The molecule has 126 valence electrons. The van der Waals surface area contributed by atoms with Crippen molar-refractivity contribution in [2.24, 2.45) is 5.73 Å². The lowest BCUT2D eigenvalue weighted by Crippen LogP contribution is -2.35. The van der Waals surface area contributed by atoms with Crippen LogP contribution in [-0.4, -0.2) is 11.9 Å². The first-order valence-electron chi connectivity index (χ1n) is 6.91. The van der Waals surface area contributed by atoms with Crippen LogP contribution in [-0.2, 0) is 4.79 Å². The van der Waals surface area contributed by atoms with E-state index < -0.39 is 17.9 Å². The van der Waals surface area contributed by atoms with Crippen molar-refractivity contribution in [1.82, 2.24) is 5.32 Å². The molecule has 0 fully saturated rings. The Kier molecular flexibility index (Phi) is 6.16. The number of rotatable bonds is 5. The number of nitrogens with two attached hydrogens (primary N) is 1. The van der Waals surface area contributed by atoms with Gasteiger partial charge in [-0.25, -0.2) is 9.18 Å². The van der Waals surface area contributed by atoms with Crippen molar-refractivity contribution in [1.29, 1.82) is 0 Å². The first-order chi connectivity index (χ1) is 11.3. The van der Waals surface area contributed by atoms with Crippen molar-refractivity contribution in [2.75, 3.05) is 5.32 Å². The Labute approximate surface area is 151 Å². The molecule has 1 atom stereocenters. The van der Waals surface area contributed by atoms with E-state index in [-0.39, 0.29) is 17.4 Å². The average Bonchev–Trinajstić information content (AvgIpc) is 2.50. The van der Waals surface area contributed by atoms with Crippen LogP contribution >= 0.6 is 27.5 Å². The van der Waals surface area contributed by atoms with E-state index in [1.54, 1.807) is 24.3 Å². The molecule has 2 rings (SSSR count). The van der Waals surface area contributed by atoms with E-state index in [1.807, 2.05) is 0 Å². The molecule has 0 spiro atoms. The van der Waals surface area contributed by atoms with Gasteiger partial charge < -0.3 is 16.4 Å². The van der Waals surface area contributed by atoms with Crippen LogP contribution in [0.2, 0.25) is 5.02 Å². The predicted octanol–water partition coefficient (Wildman–Crippen LogP) is 3.98. The summed E-state index contributed by atoms with van der Waals surface area (Å²) in [5.41, 5.74) is 6.26. The molecule has 4 N–H and O–H groups in total. The number of hydrogen-bond acceptors (Lipinski definition) is 2. The fraction of sp³-hybridized carbons (Fsp3) is 0.125. The number of urea groups is 1. The molecule has 3 amide bonds. The lowest BCUT2D eigenvalue weighted by molar-refractivity contribution is -0.116. The Morgan fingerprint density at radius 3 is 2.46 bits per heavy atom. The molecule has 8 heteroatoms. The molecule has 24 heavy (non-hydrogen) atoms. The Bertz CT molecular complexity index is 755. The van der Waals surface area contributed by atoms with Crippen molar-refractivity contribution in [3.63, 3.8) is 0 Å². The second-order valence-electron chi connectivity index (χ2n) is 4.99. The largest absolute Gasteiger partial charge is 0.352 e. The number of benzene rings is 2. The minimum absolute atomic E-state index is 0.0421. The number of primary amides is 1. The lowest BCUT2D eigenvalue weighted by atomic mass is 10.0. The highest BCUT2D eigenvalue weighted by molar-refractivity contribution is 9.10. The maximum atomic E-state index is 13.1. The molecule has 0 aromatic heterocycles. The van der Waals surface area contributed by atoms with E-state index in [4.69, 9.17) is 17.3 Å². The van der Waals surface area contributed by atoms with Crippen molar-refractivity contribution >= 4 is 45.2 Å². The third kappa shape index (κ3) is 5.21.